The minimum Gasteiger partial charge on any atom is -0.377 e. The maximum atomic E-state index is 12.5. The van der Waals surface area contributed by atoms with E-state index in [0.29, 0.717) is 18.8 Å². The molecule has 2 aliphatic heterocycles. The molecule has 29 heavy (non-hydrogen) atoms. The fraction of sp³-hybridized carbons (Fsp3) is 0.600. The van der Waals surface area contributed by atoms with E-state index in [1.165, 1.54) is 12.1 Å². The molecule has 1 aromatic rings. The Morgan fingerprint density at radius 2 is 1.93 bits per heavy atom. The topological polar surface area (TPSA) is 105 Å². The number of nitrogens with one attached hydrogen (secondary N) is 2. The summed E-state index contributed by atoms with van der Waals surface area (Å²) in [5, 5.41) is 2.78. The Morgan fingerprint density at radius 1 is 1.24 bits per heavy atom. The molecule has 8 nitrogen and oxygen atoms in total. The third-order valence-corrected chi connectivity index (χ3v) is 6.70. The Balaban J connectivity index is 1.57. The van der Waals surface area contributed by atoms with Crippen LogP contribution in [0.4, 0.5) is 5.69 Å². The highest BCUT2D eigenvalue weighted by Gasteiger charge is 2.39. The summed E-state index contributed by atoms with van der Waals surface area (Å²) in [6.07, 6.45) is 1.90. The standard InChI is InChI=1S/C20H29N3O5S/c1-20(2,3)23-13-14(11-18(23)24)19(25)22-15-6-8-17(9-7-15)29(26,27)21-12-16-5-4-10-28-16/h6-9,14,16,21H,4-5,10-13H2,1-3H3,(H,22,25)/t14-,16-/m1/s1. The van der Waals surface area contributed by atoms with Crippen LogP contribution >= 0.6 is 0 Å². The van der Waals surface area contributed by atoms with Gasteiger partial charge in [0.15, 0.2) is 0 Å². The molecule has 2 amide bonds. The van der Waals surface area contributed by atoms with Crippen molar-refractivity contribution in [2.75, 3.05) is 25.0 Å². The van der Waals surface area contributed by atoms with Crippen molar-refractivity contribution in [3.05, 3.63) is 24.3 Å². The Morgan fingerprint density at radius 3 is 2.48 bits per heavy atom. The molecule has 0 saturated carbocycles. The molecular weight excluding hydrogens is 394 g/mol. The number of likely N-dealkylation sites (tertiary alicyclic amines) is 1. The molecular formula is C20H29N3O5S. The van der Waals surface area contributed by atoms with Crippen molar-refractivity contribution in [3.8, 4) is 0 Å². The van der Waals surface area contributed by atoms with E-state index in [9.17, 15) is 18.0 Å². The summed E-state index contributed by atoms with van der Waals surface area (Å²) in [6.45, 7) is 7.13. The van der Waals surface area contributed by atoms with Gasteiger partial charge in [-0.2, -0.15) is 0 Å². The summed E-state index contributed by atoms with van der Waals surface area (Å²) in [7, 11) is -3.63. The normalized spacial score (nSPS) is 22.9. The first-order valence-electron chi connectivity index (χ1n) is 9.89. The molecule has 1 aromatic carbocycles. The molecule has 160 valence electrons. The second kappa shape index (κ2) is 8.41. The highest BCUT2D eigenvalue weighted by molar-refractivity contribution is 7.89. The van der Waals surface area contributed by atoms with E-state index in [-0.39, 0.29) is 41.3 Å². The maximum Gasteiger partial charge on any atom is 0.240 e. The van der Waals surface area contributed by atoms with Gasteiger partial charge < -0.3 is 15.0 Å². The van der Waals surface area contributed by atoms with Crippen LogP contribution in [0.3, 0.4) is 0 Å². The van der Waals surface area contributed by atoms with Gasteiger partial charge in [0.2, 0.25) is 21.8 Å². The fourth-order valence-corrected chi connectivity index (χ4v) is 4.65. The van der Waals surface area contributed by atoms with Gasteiger partial charge in [0, 0.05) is 37.3 Å². The molecule has 0 bridgehead atoms. The molecule has 0 aromatic heterocycles. The van der Waals surface area contributed by atoms with Gasteiger partial charge in [0.05, 0.1) is 16.9 Å². The first-order valence-corrected chi connectivity index (χ1v) is 11.4. The SMILES string of the molecule is CC(C)(C)N1C[C@H](C(=O)Nc2ccc(S(=O)(=O)NC[C@H]3CCCO3)cc2)CC1=O. The van der Waals surface area contributed by atoms with Crippen LogP contribution in [0.2, 0.25) is 0 Å². The van der Waals surface area contributed by atoms with E-state index in [4.69, 9.17) is 4.74 Å². The van der Waals surface area contributed by atoms with Crippen molar-refractivity contribution in [1.82, 2.24) is 9.62 Å². The summed E-state index contributed by atoms with van der Waals surface area (Å²) >= 11 is 0. The van der Waals surface area contributed by atoms with Crippen molar-refractivity contribution in [1.29, 1.82) is 0 Å². The lowest BCUT2D eigenvalue weighted by atomic mass is 10.1. The van der Waals surface area contributed by atoms with Crippen molar-refractivity contribution in [2.24, 2.45) is 5.92 Å². The minimum absolute atomic E-state index is 0.0311. The van der Waals surface area contributed by atoms with Gasteiger partial charge in [-0.25, -0.2) is 13.1 Å². The number of ether oxygens (including phenoxy) is 1. The molecule has 0 unspecified atom stereocenters. The largest absolute Gasteiger partial charge is 0.377 e. The van der Waals surface area contributed by atoms with Gasteiger partial charge >= 0.3 is 0 Å². The van der Waals surface area contributed by atoms with E-state index >= 15 is 0 Å². The van der Waals surface area contributed by atoms with E-state index in [2.05, 4.69) is 10.0 Å². The second-order valence-corrected chi connectivity index (χ2v) is 10.3. The highest BCUT2D eigenvalue weighted by atomic mass is 32.2. The highest BCUT2D eigenvalue weighted by Crippen LogP contribution is 2.27. The van der Waals surface area contributed by atoms with Crippen LogP contribution in [-0.2, 0) is 24.3 Å². The number of carbonyl (C=O) groups is 2. The average Bonchev–Trinajstić information content (AvgIpc) is 3.29. The number of nitrogens with zero attached hydrogens (tertiary/aromatic N) is 1. The quantitative estimate of drug-likeness (QED) is 0.725. The summed E-state index contributed by atoms with van der Waals surface area (Å²) in [5.74, 6) is -0.688. The number of anilines is 1. The fourth-order valence-electron chi connectivity index (χ4n) is 3.58. The van der Waals surface area contributed by atoms with E-state index in [1.54, 1.807) is 17.0 Å². The molecule has 2 atom stereocenters. The molecule has 2 N–H and O–H groups in total. The number of amides is 2. The predicted molar refractivity (Wildman–Crippen MR) is 109 cm³/mol. The number of hydrogen-bond donors (Lipinski definition) is 2. The lowest BCUT2D eigenvalue weighted by Crippen LogP contribution is -2.42. The van der Waals surface area contributed by atoms with Crippen LogP contribution in [0, 0.1) is 5.92 Å². The molecule has 2 heterocycles. The van der Waals surface area contributed by atoms with Gasteiger partial charge in [0.1, 0.15) is 0 Å². The lowest BCUT2D eigenvalue weighted by Gasteiger charge is -2.31. The van der Waals surface area contributed by atoms with Crippen LogP contribution in [-0.4, -0.2) is 56.5 Å². The van der Waals surface area contributed by atoms with E-state index in [1.807, 2.05) is 20.8 Å². The third kappa shape index (κ3) is 5.34. The first kappa shape index (κ1) is 21.7. The Kier molecular flexibility index (Phi) is 6.30. The first-order chi connectivity index (χ1) is 13.6. The number of rotatable bonds is 6. The maximum absolute atomic E-state index is 12.5. The molecule has 2 saturated heterocycles. The van der Waals surface area contributed by atoms with Gasteiger partial charge in [-0.15, -0.1) is 0 Å². The number of carbonyl (C=O) groups excluding carboxylic acids is 2. The van der Waals surface area contributed by atoms with Gasteiger partial charge in [0.25, 0.3) is 0 Å². The molecule has 9 heteroatoms. The number of benzene rings is 1. The Labute approximate surface area is 172 Å². The zero-order valence-electron chi connectivity index (χ0n) is 17.1. The number of hydrogen-bond acceptors (Lipinski definition) is 5. The van der Waals surface area contributed by atoms with Gasteiger partial charge in [-0.1, -0.05) is 0 Å². The predicted octanol–water partition coefficient (Wildman–Crippen LogP) is 1.73. The molecule has 0 aliphatic carbocycles. The smallest absolute Gasteiger partial charge is 0.240 e. The van der Waals surface area contributed by atoms with Crippen molar-refractivity contribution >= 4 is 27.5 Å². The monoisotopic (exact) mass is 423 g/mol. The van der Waals surface area contributed by atoms with E-state index in [0.717, 1.165) is 12.8 Å². The summed E-state index contributed by atoms with van der Waals surface area (Å²) < 4.78 is 32.8. The van der Waals surface area contributed by atoms with Crippen LogP contribution in [0.5, 0.6) is 0 Å². The van der Waals surface area contributed by atoms with Crippen LogP contribution in [0.1, 0.15) is 40.0 Å². The third-order valence-electron chi connectivity index (χ3n) is 5.26. The summed E-state index contributed by atoms with van der Waals surface area (Å²) in [6, 6.07) is 6.01. The summed E-state index contributed by atoms with van der Waals surface area (Å²) in [5.41, 5.74) is 0.174. The lowest BCUT2D eigenvalue weighted by molar-refractivity contribution is -0.131. The molecule has 2 fully saturated rings. The van der Waals surface area contributed by atoms with Gasteiger partial charge in [-0.3, -0.25) is 9.59 Å². The summed E-state index contributed by atoms with van der Waals surface area (Å²) in [4.78, 5) is 26.5. The van der Waals surface area contributed by atoms with Crippen molar-refractivity contribution < 1.29 is 22.7 Å². The minimum atomic E-state index is -3.63. The zero-order valence-corrected chi connectivity index (χ0v) is 17.9. The van der Waals surface area contributed by atoms with Crippen LogP contribution in [0.15, 0.2) is 29.2 Å². The second-order valence-electron chi connectivity index (χ2n) is 8.58. The van der Waals surface area contributed by atoms with Crippen molar-refractivity contribution in [3.63, 3.8) is 0 Å². The molecule has 0 spiro atoms. The molecule has 0 radical (unpaired) electrons. The molecule has 3 rings (SSSR count). The van der Waals surface area contributed by atoms with E-state index < -0.39 is 15.9 Å². The van der Waals surface area contributed by atoms with Crippen LogP contribution < -0.4 is 10.0 Å². The Bertz CT molecular complexity index is 855. The number of sulfonamides is 1. The zero-order chi connectivity index (χ0) is 21.2. The molecule has 2 aliphatic rings. The van der Waals surface area contributed by atoms with Crippen LogP contribution in [0.25, 0.3) is 0 Å². The van der Waals surface area contributed by atoms with Gasteiger partial charge in [-0.05, 0) is 57.9 Å². The average molecular weight is 424 g/mol. The van der Waals surface area contributed by atoms with Crippen molar-refractivity contribution in [2.45, 2.75) is 56.6 Å². The Hall–Kier alpha value is -1.97.